The highest BCUT2D eigenvalue weighted by Crippen LogP contribution is 2.27. The Labute approximate surface area is 149 Å². The Kier molecular flexibility index (Phi) is 5.34. The first kappa shape index (κ1) is 19.4. The monoisotopic (exact) mass is 364 g/mol. The number of furan rings is 1. The van der Waals surface area contributed by atoms with Gasteiger partial charge in [-0.3, -0.25) is 10.1 Å². The molecule has 0 saturated carbocycles. The van der Waals surface area contributed by atoms with Crippen molar-refractivity contribution < 1.29 is 27.9 Å². The SMILES string of the molecule is Cc1c(C(=O)O[C@@H](C)C(=O)NC(=O)NC(C)(C)C)oc2c(F)cccc12. The summed E-state index contributed by atoms with van der Waals surface area (Å²) in [5.74, 6) is -2.50. The van der Waals surface area contributed by atoms with Crippen molar-refractivity contribution >= 4 is 28.9 Å². The minimum atomic E-state index is -1.24. The quantitative estimate of drug-likeness (QED) is 0.816. The number of hydrogen-bond donors (Lipinski definition) is 2. The number of para-hydroxylation sites is 1. The topological polar surface area (TPSA) is 97.6 Å². The number of rotatable bonds is 3. The third-order valence-electron chi connectivity index (χ3n) is 3.48. The van der Waals surface area contributed by atoms with Gasteiger partial charge in [0.25, 0.3) is 5.91 Å². The minimum Gasteiger partial charge on any atom is -0.447 e. The van der Waals surface area contributed by atoms with Gasteiger partial charge in [-0.2, -0.15) is 0 Å². The minimum absolute atomic E-state index is 0.0568. The molecule has 2 N–H and O–H groups in total. The summed E-state index contributed by atoms with van der Waals surface area (Å²) in [4.78, 5) is 35.9. The van der Waals surface area contributed by atoms with E-state index in [2.05, 4.69) is 10.6 Å². The Bertz CT molecular complexity index is 866. The molecule has 1 heterocycles. The number of ether oxygens (including phenoxy) is 1. The van der Waals surface area contributed by atoms with E-state index in [-0.39, 0.29) is 11.3 Å². The lowest BCUT2D eigenvalue weighted by atomic mass is 10.1. The zero-order valence-corrected chi connectivity index (χ0v) is 15.2. The Morgan fingerprint density at radius 3 is 2.46 bits per heavy atom. The van der Waals surface area contributed by atoms with Gasteiger partial charge in [-0.1, -0.05) is 12.1 Å². The fourth-order valence-electron chi connectivity index (χ4n) is 2.26. The molecule has 0 aliphatic heterocycles. The first-order valence-corrected chi connectivity index (χ1v) is 8.01. The van der Waals surface area contributed by atoms with Crippen molar-refractivity contribution in [2.45, 2.75) is 46.3 Å². The van der Waals surface area contributed by atoms with Crippen molar-refractivity contribution in [3.8, 4) is 0 Å². The number of nitrogens with one attached hydrogen (secondary N) is 2. The number of benzene rings is 1. The van der Waals surface area contributed by atoms with Crippen molar-refractivity contribution in [1.82, 2.24) is 10.6 Å². The molecule has 0 saturated heterocycles. The highest BCUT2D eigenvalue weighted by Gasteiger charge is 2.26. The summed E-state index contributed by atoms with van der Waals surface area (Å²) in [6.45, 7) is 8.16. The second-order valence-corrected chi connectivity index (χ2v) is 6.91. The highest BCUT2D eigenvalue weighted by atomic mass is 19.1. The normalized spacial score (nSPS) is 12.5. The highest BCUT2D eigenvalue weighted by molar-refractivity contribution is 6.00. The van der Waals surface area contributed by atoms with Crippen molar-refractivity contribution in [3.05, 3.63) is 35.3 Å². The average molecular weight is 364 g/mol. The number of urea groups is 1. The summed E-state index contributed by atoms with van der Waals surface area (Å²) in [6.07, 6.45) is -1.24. The summed E-state index contributed by atoms with van der Waals surface area (Å²) in [5, 5.41) is 5.08. The van der Waals surface area contributed by atoms with Crippen LogP contribution in [0.15, 0.2) is 22.6 Å². The fraction of sp³-hybridized carbons (Fsp3) is 0.389. The first-order valence-electron chi connectivity index (χ1n) is 8.01. The van der Waals surface area contributed by atoms with E-state index in [0.29, 0.717) is 10.9 Å². The molecule has 2 aromatic rings. The number of carbonyl (C=O) groups is 3. The van der Waals surface area contributed by atoms with Crippen LogP contribution in [0.2, 0.25) is 0 Å². The third kappa shape index (κ3) is 4.38. The molecular weight excluding hydrogens is 343 g/mol. The molecule has 8 heteroatoms. The maximum atomic E-state index is 13.8. The smallest absolute Gasteiger partial charge is 0.375 e. The maximum absolute atomic E-state index is 13.8. The van der Waals surface area contributed by atoms with E-state index in [9.17, 15) is 18.8 Å². The van der Waals surface area contributed by atoms with E-state index in [1.807, 2.05) is 0 Å². The van der Waals surface area contributed by atoms with Gasteiger partial charge >= 0.3 is 12.0 Å². The van der Waals surface area contributed by atoms with E-state index >= 15 is 0 Å². The van der Waals surface area contributed by atoms with E-state index in [1.54, 1.807) is 33.8 Å². The van der Waals surface area contributed by atoms with Gasteiger partial charge < -0.3 is 14.5 Å². The molecule has 0 spiro atoms. The predicted molar refractivity (Wildman–Crippen MR) is 92.2 cm³/mol. The number of esters is 1. The number of amides is 3. The number of halogens is 1. The van der Waals surface area contributed by atoms with Crippen molar-refractivity contribution in [2.24, 2.45) is 0 Å². The molecule has 0 radical (unpaired) electrons. The van der Waals surface area contributed by atoms with Gasteiger partial charge in [0.2, 0.25) is 5.76 Å². The lowest BCUT2D eigenvalue weighted by Crippen LogP contribution is -2.50. The zero-order valence-electron chi connectivity index (χ0n) is 15.2. The summed E-state index contributed by atoms with van der Waals surface area (Å²) in [7, 11) is 0. The van der Waals surface area contributed by atoms with Gasteiger partial charge in [0.05, 0.1) is 0 Å². The number of imide groups is 1. The Morgan fingerprint density at radius 2 is 1.88 bits per heavy atom. The van der Waals surface area contributed by atoms with Crippen molar-refractivity contribution in [2.75, 3.05) is 0 Å². The van der Waals surface area contributed by atoms with Crippen LogP contribution in [-0.4, -0.2) is 29.6 Å². The number of aryl methyl sites for hydroxylation is 1. The van der Waals surface area contributed by atoms with Gasteiger partial charge in [0.15, 0.2) is 17.5 Å². The zero-order chi connectivity index (χ0) is 19.6. The standard InChI is InChI=1S/C18H21FN2O5/c1-9-11-7-6-8-12(19)14(11)26-13(9)16(23)25-10(2)15(22)20-17(24)21-18(3,4)5/h6-8,10H,1-5H3,(H2,20,21,22,24)/t10-/m0/s1. The molecule has 0 aliphatic carbocycles. The third-order valence-corrected chi connectivity index (χ3v) is 3.48. The van der Waals surface area contributed by atoms with Crippen LogP contribution in [0.25, 0.3) is 11.0 Å². The van der Waals surface area contributed by atoms with Crippen LogP contribution < -0.4 is 10.6 Å². The molecular formula is C18H21FN2O5. The number of fused-ring (bicyclic) bond motifs is 1. The predicted octanol–water partition coefficient (Wildman–Crippen LogP) is 3.05. The van der Waals surface area contributed by atoms with Gasteiger partial charge in [0.1, 0.15) is 0 Å². The molecule has 0 bridgehead atoms. The van der Waals surface area contributed by atoms with Crippen molar-refractivity contribution in [3.63, 3.8) is 0 Å². The van der Waals surface area contributed by atoms with Gasteiger partial charge in [0, 0.05) is 16.5 Å². The maximum Gasteiger partial charge on any atom is 0.375 e. The van der Waals surface area contributed by atoms with E-state index in [4.69, 9.17) is 9.15 Å². The summed E-state index contributed by atoms with van der Waals surface area (Å²) in [5.41, 5.74) is -0.180. The largest absolute Gasteiger partial charge is 0.447 e. The van der Waals surface area contributed by atoms with Gasteiger partial charge in [-0.25, -0.2) is 14.0 Å². The average Bonchev–Trinajstić information content (AvgIpc) is 2.84. The molecule has 2 rings (SSSR count). The molecule has 140 valence electrons. The van der Waals surface area contributed by atoms with E-state index in [1.165, 1.54) is 19.1 Å². The van der Waals surface area contributed by atoms with Crippen LogP contribution >= 0.6 is 0 Å². The molecule has 1 aromatic heterocycles. The molecule has 1 aromatic carbocycles. The van der Waals surface area contributed by atoms with Crippen LogP contribution in [-0.2, 0) is 9.53 Å². The van der Waals surface area contributed by atoms with Crippen LogP contribution in [0, 0.1) is 12.7 Å². The second kappa shape index (κ2) is 7.15. The van der Waals surface area contributed by atoms with Crippen LogP contribution in [0.4, 0.5) is 9.18 Å². The van der Waals surface area contributed by atoms with E-state index < -0.39 is 35.4 Å². The first-order chi connectivity index (χ1) is 12.0. The Morgan fingerprint density at radius 1 is 1.23 bits per heavy atom. The van der Waals surface area contributed by atoms with Crippen LogP contribution in [0.5, 0.6) is 0 Å². The second-order valence-electron chi connectivity index (χ2n) is 6.91. The van der Waals surface area contributed by atoms with Crippen LogP contribution in [0.1, 0.15) is 43.8 Å². The van der Waals surface area contributed by atoms with Crippen molar-refractivity contribution in [1.29, 1.82) is 0 Å². The fourth-order valence-corrected chi connectivity index (χ4v) is 2.26. The molecule has 0 fully saturated rings. The van der Waals surface area contributed by atoms with Gasteiger partial charge in [-0.05, 0) is 40.7 Å². The number of carbonyl (C=O) groups excluding carboxylic acids is 3. The van der Waals surface area contributed by atoms with E-state index in [0.717, 1.165) is 0 Å². The molecule has 3 amide bonds. The summed E-state index contributed by atoms with van der Waals surface area (Å²) >= 11 is 0. The molecule has 0 aliphatic rings. The lowest BCUT2D eigenvalue weighted by molar-refractivity contribution is -0.128. The summed E-state index contributed by atoms with van der Waals surface area (Å²) < 4.78 is 24.0. The Hall–Kier alpha value is -2.90. The summed E-state index contributed by atoms with van der Waals surface area (Å²) in [6, 6.07) is 3.62. The molecule has 26 heavy (non-hydrogen) atoms. The van der Waals surface area contributed by atoms with Gasteiger partial charge in [-0.15, -0.1) is 0 Å². The Balaban J connectivity index is 2.07. The van der Waals surface area contributed by atoms with Crippen LogP contribution in [0.3, 0.4) is 0 Å². The molecule has 0 unspecified atom stereocenters. The molecule has 7 nitrogen and oxygen atoms in total. The number of hydrogen-bond acceptors (Lipinski definition) is 5. The molecule has 1 atom stereocenters. The lowest BCUT2D eigenvalue weighted by Gasteiger charge is -2.21.